The summed E-state index contributed by atoms with van der Waals surface area (Å²) in [6.07, 6.45) is 0.150. The van der Waals surface area contributed by atoms with Gasteiger partial charge in [0.05, 0.1) is 38.4 Å². The van der Waals surface area contributed by atoms with E-state index >= 15 is 0 Å². The molecule has 1 aromatic rings. The van der Waals surface area contributed by atoms with Gasteiger partial charge in [0.1, 0.15) is 24.5 Å². The number of aliphatic hydroxyl groups is 1. The minimum atomic E-state index is -1.43. The van der Waals surface area contributed by atoms with Crippen LogP contribution < -0.4 is 4.74 Å². The number of Topliss-reactive ketones (excluding diaryl/α,β-unsaturated/α-hetero) is 2. The summed E-state index contributed by atoms with van der Waals surface area (Å²) >= 11 is 0. The van der Waals surface area contributed by atoms with Crippen LogP contribution in [0.15, 0.2) is 34.1 Å². The summed E-state index contributed by atoms with van der Waals surface area (Å²) in [7, 11) is 4.34. The first-order chi connectivity index (χ1) is 20.4. The molecule has 6 atom stereocenters. The fraction of sp³-hybridized carbons (Fsp3) is 0.484. The number of ether oxygens (including phenoxy) is 3. The number of hydrogen-bond acceptors (Lipinski definition) is 12. The molecular weight excluding hydrogens is 558 g/mol. The van der Waals surface area contributed by atoms with E-state index in [-0.39, 0.29) is 69.4 Å². The number of aromatic hydroxyl groups is 2. The first kappa shape index (κ1) is 30.3. The highest BCUT2D eigenvalue weighted by molar-refractivity contribution is 6.25. The Hall–Kier alpha value is -4.18. The number of nitrogens with zero attached hydrogens (tertiary/aromatic N) is 3. The number of methoxy groups -OCH3 is 2. The van der Waals surface area contributed by atoms with Gasteiger partial charge in [0.2, 0.25) is 5.78 Å². The van der Waals surface area contributed by atoms with E-state index in [9.17, 15) is 35.0 Å². The topological polar surface area (TPSA) is 170 Å². The summed E-state index contributed by atoms with van der Waals surface area (Å²) in [4.78, 5) is 43.8. The lowest BCUT2D eigenvalue weighted by Crippen LogP contribution is -2.71. The minimum Gasteiger partial charge on any atom is -0.507 e. The number of phenolic OH excluding ortho intramolecular Hbond substituents is 2. The Morgan fingerprint density at radius 3 is 2.37 bits per heavy atom. The smallest absolute Gasteiger partial charge is 0.333 e. The van der Waals surface area contributed by atoms with E-state index in [0.29, 0.717) is 5.57 Å². The van der Waals surface area contributed by atoms with Crippen LogP contribution in [0.4, 0.5) is 0 Å². The molecule has 12 nitrogen and oxygen atoms in total. The summed E-state index contributed by atoms with van der Waals surface area (Å²) in [6, 6.07) is -2.30. The number of carbonyl (C=O) groups excluding carboxylic acids is 3. The molecule has 228 valence electrons. The Bertz CT molecular complexity index is 1580. The van der Waals surface area contributed by atoms with Gasteiger partial charge >= 0.3 is 5.97 Å². The number of ketones is 2. The zero-order valence-corrected chi connectivity index (χ0v) is 25.1. The third-order valence-corrected chi connectivity index (χ3v) is 9.43. The van der Waals surface area contributed by atoms with E-state index < -0.39 is 53.8 Å². The van der Waals surface area contributed by atoms with Crippen LogP contribution in [0.5, 0.6) is 17.2 Å². The third kappa shape index (κ3) is 4.10. The molecule has 1 fully saturated rings. The zero-order chi connectivity index (χ0) is 31.7. The average molecular weight is 594 g/mol. The summed E-state index contributed by atoms with van der Waals surface area (Å²) in [6.45, 7) is 5.95. The molecule has 4 aliphatic rings. The SMILES string of the molecule is C/C=C(/C)C(=O)OC[C@H]1C2=C(C[C@H]3[C@H]4c5c(O)c(OC)c(C)c(O)c5[C@@H](O)[C@@H]([C@H](C#N)N13)N4C)C(=O)C(C)=C(OC)C2=O. The molecule has 1 aliphatic carbocycles. The number of nitriles is 1. The first-order valence-corrected chi connectivity index (χ1v) is 13.9. The standard InChI is InChI=1S/C31H35N3O9/c1-8-12(2)31(40)43-11-18-19-15(24(35)13(3)29(41-6)27(19)38)9-16-22-20-21(25(36)14(4)30(42-7)28(20)39)26(37)23(33(22)5)17(10-32)34(16)18/h8,16-18,22-23,26,36-37,39H,9,11H2,1-7H3/b12-8-/t16-,17-,18-,22-,23+,26+/m0/s1. The predicted molar refractivity (Wildman–Crippen MR) is 151 cm³/mol. The number of aliphatic hydroxyl groups excluding tert-OH is 1. The number of fused-ring (bicyclic) bond motifs is 6. The molecular formula is C31H35N3O9. The molecule has 0 amide bonds. The summed E-state index contributed by atoms with van der Waals surface area (Å²) in [5.74, 6) is -2.23. The number of hydrogen-bond donors (Lipinski definition) is 3. The van der Waals surface area contributed by atoms with Gasteiger partial charge in [-0.2, -0.15) is 5.26 Å². The van der Waals surface area contributed by atoms with Crippen molar-refractivity contribution in [3.63, 3.8) is 0 Å². The van der Waals surface area contributed by atoms with Crippen molar-refractivity contribution >= 4 is 17.5 Å². The lowest BCUT2D eigenvalue weighted by molar-refractivity contribution is -0.147. The Kier molecular flexibility index (Phi) is 7.62. The summed E-state index contributed by atoms with van der Waals surface area (Å²) < 4.78 is 16.4. The first-order valence-electron chi connectivity index (χ1n) is 13.9. The second kappa shape index (κ2) is 10.8. The fourth-order valence-corrected chi connectivity index (χ4v) is 7.28. The normalized spacial score (nSPS) is 29.0. The van der Waals surface area contributed by atoms with Crippen molar-refractivity contribution in [3.8, 4) is 23.3 Å². The van der Waals surface area contributed by atoms with Crippen molar-refractivity contribution in [2.75, 3.05) is 27.9 Å². The number of carbonyl (C=O) groups is 3. The van der Waals surface area contributed by atoms with Crippen LogP contribution in [0.3, 0.4) is 0 Å². The molecule has 1 aromatic carbocycles. The molecule has 0 aromatic heterocycles. The molecule has 3 N–H and O–H groups in total. The van der Waals surface area contributed by atoms with Crippen LogP contribution in [-0.4, -0.2) is 94.7 Å². The van der Waals surface area contributed by atoms with Crippen molar-refractivity contribution in [2.45, 2.75) is 70.4 Å². The molecule has 0 saturated carbocycles. The van der Waals surface area contributed by atoms with Crippen molar-refractivity contribution in [3.05, 3.63) is 50.8 Å². The molecule has 43 heavy (non-hydrogen) atoms. The zero-order valence-electron chi connectivity index (χ0n) is 25.1. The molecule has 2 bridgehead atoms. The third-order valence-electron chi connectivity index (χ3n) is 9.43. The van der Waals surface area contributed by atoms with Gasteiger partial charge in [0.25, 0.3) is 0 Å². The van der Waals surface area contributed by atoms with Crippen LogP contribution in [-0.2, 0) is 23.9 Å². The predicted octanol–water partition coefficient (Wildman–Crippen LogP) is 2.03. The van der Waals surface area contributed by atoms with Gasteiger partial charge in [-0.15, -0.1) is 0 Å². The molecule has 3 heterocycles. The van der Waals surface area contributed by atoms with Gasteiger partial charge in [0, 0.05) is 45.0 Å². The summed E-state index contributed by atoms with van der Waals surface area (Å²) in [5, 5.41) is 45.0. The summed E-state index contributed by atoms with van der Waals surface area (Å²) in [5.41, 5.74) is 1.25. The second-order valence-corrected chi connectivity index (χ2v) is 11.3. The number of rotatable bonds is 5. The number of allylic oxidation sites excluding steroid dienone is 3. The minimum absolute atomic E-state index is 0.00157. The van der Waals surface area contributed by atoms with Crippen molar-refractivity contribution in [2.24, 2.45) is 0 Å². The maximum absolute atomic E-state index is 13.9. The number of likely N-dealkylation sites (N-methyl/N-ethyl adjacent to an activating group) is 1. The van der Waals surface area contributed by atoms with E-state index in [1.54, 1.807) is 43.7 Å². The number of esters is 1. The lowest BCUT2D eigenvalue weighted by Gasteiger charge is -2.60. The van der Waals surface area contributed by atoms with Gasteiger partial charge in [0.15, 0.2) is 23.0 Å². The van der Waals surface area contributed by atoms with Gasteiger partial charge in [-0.05, 0) is 41.2 Å². The Morgan fingerprint density at radius 1 is 1.12 bits per heavy atom. The Labute approximate surface area is 249 Å². The fourth-order valence-electron chi connectivity index (χ4n) is 7.28. The maximum atomic E-state index is 13.9. The highest BCUT2D eigenvalue weighted by Gasteiger charge is 2.60. The van der Waals surface area contributed by atoms with E-state index in [0.717, 1.165) is 0 Å². The maximum Gasteiger partial charge on any atom is 0.333 e. The van der Waals surface area contributed by atoms with Crippen molar-refractivity contribution in [1.29, 1.82) is 5.26 Å². The monoisotopic (exact) mass is 593 g/mol. The lowest BCUT2D eigenvalue weighted by atomic mass is 9.69. The molecule has 12 heteroatoms. The van der Waals surface area contributed by atoms with E-state index in [4.69, 9.17) is 14.2 Å². The van der Waals surface area contributed by atoms with Crippen LogP contribution in [0.25, 0.3) is 0 Å². The van der Waals surface area contributed by atoms with E-state index in [2.05, 4.69) is 6.07 Å². The Morgan fingerprint density at radius 2 is 1.79 bits per heavy atom. The highest BCUT2D eigenvalue weighted by Crippen LogP contribution is 2.58. The van der Waals surface area contributed by atoms with Crippen LogP contribution in [0, 0.1) is 18.3 Å². The molecule has 0 spiro atoms. The average Bonchev–Trinajstić information content (AvgIpc) is 2.98. The molecule has 3 aliphatic heterocycles. The Balaban J connectivity index is 1.77. The van der Waals surface area contributed by atoms with E-state index in [1.807, 2.05) is 0 Å². The largest absolute Gasteiger partial charge is 0.507 e. The van der Waals surface area contributed by atoms with Crippen LogP contribution in [0.2, 0.25) is 0 Å². The van der Waals surface area contributed by atoms with Gasteiger partial charge in [-0.25, -0.2) is 4.79 Å². The number of benzene rings is 1. The second-order valence-electron chi connectivity index (χ2n) is 11.3. The number of phenols is 2. The van der Waals surface area contributed by atoms with Gasteiger partial charge < -0.3 is 29.5 Å². The van der Waals surface area contributed by atoms with Crippen LogP contribution in [0.1, 0.15) is 56.0 Å². The number of piperazine rings is 1. The highest BCUT2D eigenvalue weighted by atomic mass is 16.5. The van der Waals surface area contributed by atoms with Crippen LogP contribution >= 0.6 is 0 Å². The molecule has 1 saturated heterocycles. The van der Waals surface area contributed by atoms with Crippen molar-refractivity contribution in [1.82, 2.24) is 9.80 Å². The van der Waals surface area contributed by atoms with Crippen molar-refractivity contribution < 1.29 is 43.9 Å². The molecule has 0 unspecified atom stereocenters. The van der Waals surface area contributed by atoms with Gasteiger partial charge in [-0.1, -0.05) is 6.08 Å². The molecule has 5 rings (SSSR count). The quantitative estimate of drug-likeness (QED) is 0.197. The van der Waals surface area contributed by atoms with Gasteiger partial charge in [-0.3, -0.25) is 19.4 Å². The molecule has 0 radical (unpaired) electrons. The van der Waals surface area contributed by atoms with E-state index in [1.165, 1.54) is 21.1 Å².